The van der Waals surface area contributed by atoms with Gasteiger partial charge in [-0.25, -0.2) is 4.79 Å². The molecule has 0 atom stereocenters. The third-order valence-electron chi connectivity index (χ3n) is 2.42. The molecule has 0 fully saturated rings. The standard InChI is InChI=1S/C15H21N3O5/c1-5-22-11(19)7-6-10-8-18(17-13(10)14(16)21)9-12(20)23-15(2,3)4/h6-8H,5,9H2,1-4H3,(H2,16,21)/b7-6+. The van der Waals surface area contributed by atoms with Gasteiger partial charge in [0.05, 0.1) is 6.61 Å². The molecule has 0 aromatic carbocycles. The summed E-state index contributed by atoms with van der Waals surface area (Å²) < 4.78 is 11.2. The quantitative estimate of drug-likeness (QED) is 0.614. The zero-order valence-corrected chi connectivity index (χ0v) is 13.7. The van der Waals surface area contributed by atoms with Gasteiger partial charge < -0.3 is 15.2 Å². The predicted molar refractivity (Wildman–Crippen MR) is 82.3 cm³/mol. The van der Waals surface area contributed by atoms with E-state index in [0.29, 0.717) is 5.56 Å². The molecule has 1 aromatic rings. The predicted octanol–water partition coefficient (Wildman–Crippen LogP) is 0.900. The first-order chi connectivity index (χ1) is 10.6. The van der Waals surface area contributed by atoms with E-state index >= 15 is 0 Å². The third-order valence-corrected chi connectivity index (χ3v) is 2.42. The fourth-order valence-electron chi connectivity index (χ4n) is 1.69. The van der Waals surface area contributed by atoms with Gasteiger partial charge >= 0.3 is 11.9 Å². The number of aromatic nitrogens is 2. The lowest BCUT2D eigenvalue weighted by Crippen LogP contribution is -2.26. The molecule has 1 heterocycles. The van der Waals surface area contributed by atoms with E-state index in [1.807, 2.05) is 0 Å². The van der Waals surface area contributed by atoms with Crippen molar-refractivity contribution in [1.82, 2.24) is 9.78 Å². The van der Waals surface area contributed by atoms with Crippen LogP contribution in [0.2, 0.25) is 0 Å². The van der Waals surface area contributed by atoms with Crippen LogP contribution in [-0.2, 0) is 25.6 Å². The van der Waals surface area contributed by atoms with E-state index in [-0.39, 0.29) is 18.8 Å². The van der Waals surface area contributed by atoms with Crippen LogP contribution in [0.1, 0.15) is 43.7 Å². The van der Waals surface area contributed by atoms with Crippen molar-refractivity contribution in [2.75, 3.05) is 6.61 Å². The highest BCUT2D eigenvalue weighted by atomic mass is 16.6. The van der Waals surface area contributed by atoms with Crippen molar-refractivity contribution in [3.8, 4) is 0 Å². The van der Waals surface area contributed by atoms with Crippen LogP contribution in [0.4, 0.5) is 0 Å². The van der Waals surface area contributed by atoms with Crippen LogP contribution in [0.15, 0.2) is 12.3 Å². The van der Waals surface area contributed by atoms with Crippen LogP contribution >= 0.6 is 0 Å². The summed E-state index contributed by atoms with van der Waals surface area (Å²) in [7, 11) is 0. The maximum absolute atomic E-state index is 11.8. The number of carbonyl (C=O) groups is 3. The zero-order chi connectivity index (χ0) is 17.6. The smallest absolute Gasteiger partial charge is 0.330 e. The number of amides is 1. The molecule has 8 nitrogen and oxygen atoms in total. The molecule has 0 saturated heterocycles. The van der Waals surface area contributed by atoms with Gasteiger partial charge in [0.2, 0.25) is 0 Å². The molecule has 1 rings (SSSR count). The first-order valence-electron chi connectivity index (χ1n) is 7.06. The van der Waals surface area contributed by atoms with E-state index in [1.165, 1.54) is 17.0 Å². The van der Waals surface area contributed by atoms with E-state index < -0.39 is 23.4 Å². The highest BCUT2D eigenvalue weighted by molar-refractivity contribution is 5.96. The number of hydrogen-bond acceptors (Lipinski definition) is 6. The van der Waals surface area contributed by atoms with Crippen LogP contribution in [0, 0.1) is 0 Å². The van der Waals surface area contributed by atoms with Crippen molar-refractivity contribution in [1.29, 1.82) is 0 Å². The van der Waals surface area contributed by atoms with Gasteiger partial charge in [-0.05, 0) is 33.8 Å². The Morgan fingerprint density at radius 3 is 2.52 bits per heavy atom. The molecule has 2 N–H and O–H groups in total. The highest BCUT2D eigenvalue weighted by Crippen LogP contribution is 2.11. The van der Waals surface area contributed by atoms with Gasteiger partial charge in [-0.3, -0.25) is 14.3 Å². The van der Waals surface area contributed by atoms with Crippen LogP contribution in [-0.4, -0.2) is 39.8 Å². The van der Waals surface area contributed by atoms with Gasteiger partial charge in [0.15, 0.2) is 5.69 Å². The minimum Gasteiger partial charge on any atom is -0.463 e. The van der Waals surface area contributed by atoms with Crippen molar-refractivity contribution >= 4 is 23.9 Å². The van der Waals surface area contributed by atoms with Crippen molar-refractivity contribution in [2.24, 2.45) is 5.73 Å². The molecule has 0 aliphatic heterocycles. The average Bonchev–Trinajstić information content (AvgIpc) is 2.77. The highest BCUT2D eigenvalue weighted by Gasteiger charge is 2.19. The Hall–Kier alpha value is -2.64. The summed E-state index contributed by atoms with van der Waals surface area (Å²) in [6.07, 6.45) is 3.95. The molecule has 0 saturated carbocycles. The van der Waals surface area contributed by atoms with Crippen LogP contribution in [0.3, 0.4) is 0 Å². The summed E-state index contributed by atoms with van der Waals surface area (Å²) in [6.45, 7) is 6.98. The molecule has 0 unspecified atom stereocenters. The Balaban J connectivity index is 2.92. The van der Waals surface area contributed by atoms with Crippen LogP contribution in [0.5, 0.6) is 0 Å². The molecule has 0 radical (unpaired) electrons. The van der Waals surface area contributed by atoms with Crippen molar-refractivity contribution in [3.05, 3.63) is 23.5 Å². The van der Waals surface area contributed by atoms with E-state index in [9.17, 15) is 14.4 Å². The Kier molecular flexibility index (Phi) is 6.06. The SMILES string of the molecule is CCOC(=O)/C=C/c1cn(CC(=O)OC(C)(C)C)nc1C(N)=O. The van der Waals surface area contributed by atoms with Gasteiger partial charge in [0.25, 0.3) is 5.91 Å². The lowest BCUT2D eigenvalue weighted by Gasteiger charge is -2.19. The summed E-state index contributed by atoms with van der Waals surface area (Å²) in [5.41, 5.74) is 4.89. The van der Waals surface area contributed by atoms with Gasteiger partial charge in [0, 0.05) is 17.8 Å². The molecule has 8 heteroatoms. The number of ether oxygens (including phenoxy) is 2. The van der Waals surface area contributed by atoms with Gasteiger partial charge in [0.1, 0.15) is 12.1 Å². The second kappa shape index (κ2) is 7.57. The Morgan fingerprint density at radius 1 is 1.35 bits per heavy atom. The Labute approximate surface area is 134 Å². The van der Waals surface area contributed by atoms with E-state index in [1.54, 1.807) is 27.7 Å². The maximum atomic E-state index is 11.8. The second-order valence-electron chi connectivity index (χ2n) is 5.67. The fourth-order valence-corrected chi connectivity index (χ4v) is 1.69. The van der Waals surface area contributed by atoms with Gasteiger partial charge in [-0.15, -0.1) is 0 Å². The van der Waals surface area contributed by atoms with Gasteiger partial charge in [-0.2, -0.15) is 5.10 Å². The molecule has 23 heavy (non-hydrogen) atoms. The lowest BCUT2D eigenvalue weighted by atomic mass is 10.2. The molecule has 126 valence electrons. The summed E-state index contributed by atoms with van der Waals surface area (Å²) in [5, 5.41) is 3.94. The summed E-state index contributed by atoms with van der Waals surface area (Å²) in [6, 6.07) is 0. The maximum Gasteiger partial charge on any atom is 0.330 e. The second-order valence-corrected chi connectivity index (χ2v) is 5.67. The first-order valence-corrected chi connectivity index (χ1v) is 7.06. The van der Waals surface area contributed by atoms with E-state index in [4.69, 9.17) is 15.2 Å². The first kappa shape index (κ1) is 18.4. The molecule has 1 aromatic heterocycles. The van der Waals surface area contributed by atoms with E-state index in [2.05, 4.69) is 5.10 Å². The fraction of sp³-hybridized carbons (Fsp3) is 0.467. The van der Waals surface area contributed by atoms with Crippen molar-refractivity contribution in [2.45, 2.75) is 39.8 Å². The van der Waals surface area contributed by atoms with E-state index in [0.717, 1.165) is 6.08 Å². The lowest BCUT2D eigenvalue weighted by molar-refractivity contribution is -0.155. The molecule has 0 spiro atoms. The number of nitrogens with two attached hydrogens (primary N) is 1. The number of esters is 2. The van der Waals surface area contributed by atoms with Gasteiger partial charge in [-0.1, -0.05) is 0 Å². The number of carbonyl (C=O) groups excluding carboxylic acids is 3. The molecule has 0 bridgehead atoms. The molecular weight excluding hydrogens is 302 g/mol. The monoisotopic (exact) mass is 323 g/mol. The minimum absolute atomic E-state index is 0.0471. The summed E-state index contributed by atoms with van der Waals surface area (Å²) >= 11 is 0. The Morgan fingerprint density at radius 2 is 2.00 bits per heavy atom. The Bertz CT molecular complexity index is 626. The van der Waals surface area contributed by atoms with Crippen LogP contribution in [0.25, 0.3) is 6.08 Å². The number of nitrogens with zero attached hydrogens (tertiary/aromatic N) is 2. The average molecular weight is 323 g/mol. The molecule has 0 aliphatic rings. The van der Waals surface area contributed by atoms with Crippen molar-refractivity contribution < 1.29 is 23.9 Å². The topological polar surface area (TPSA) is 114 Å². The normalized spacial score (nSPS) is 11.5. The molecule has 0 aliphatic carbocycles. The largest absolute Gasteiger partial charge is 0.463 e. The third kappa shape index (κ3) is 6.33. The molecule has 1 amide bonds. The molecular formula is C15H21N3O5. The minimum atomic E-state index is -0.767. The van der Waals surface area contributed by atoms with Crippen LogP contribution < -0.4 is 5.73 Å². The zero-order valence-electron chi connectivity index (χ0n) is 13.7. The summed E-state index contributed by atoms with van der Waals surface area (Å²) in [4.78, 5) is 34.5. The number of hydrogen-bond donors (Lipinski definition) is 1. The summed E-state index contributed by atoms with van der Waals surface area (Å²) in [5.74, 6) is -1.82. The van der Waals surface area contributed by atoms with Crippen molar-refractivity contribution in [3.63, 3.8) is 0 Å². The number of primary amides is 1. The number of rotatable bonds is 6.